The number of ether oxygens (including phenoxy) is 6. The first-order chi connectivity index (χ1) is 31.4. The maximum absolute atomic E-state index is 13.8. The van der Waals surface area contributed by atoms with Crippen molar-refractivity contribution in [2.75, 3.05) is 26.9 Å². The lowest BCUT2D eigenvalue weighted by Gasteiger charge is -2.24. The molecule has 4 aromatic carbocycles. The smallest absolute Gasteiger partial charge is 0.351 e. The molecule has 19 nitrogen and oxygen atoms in total. The van der Waals surface area contributed by atoms with E-state index in [0.29, 0.717) is 11.1 Å². The minimum absolute atomic E-state index is 0.0889. The van der Waals surface area contributed by atoms with Crippen molar-refractivity contribution < 1.29 is 87.2 Å². The van der Waals surface area contributed by atoms with E-state index in [4.69, 9.17) is 28.4 Å². The van der Waals surface area contributed by atoms with Crippen molar-refractivity contribution in [2.45, 2.75) is 64.1 Å². The summed E-state index contributed by atoms with van der Waals surface area (Å²) >= 11 is 0. The lowest BCUT2D eigenvalue weighted by molar-refractivity contribution is -0.188. The van der Waals surface area contributed by atoms with Gasteiger partial charge >= 0.3 is 29.8 Å². The van der Waals surface area contributed by atoms with Crippen LogP contribution in [0.5, 0.6) is 23.0 Å². The Morgan fingerprint density at radius 2 is 1.05 bits per heavy atom. The zero-order valence-corrected chi connectivity index (χ0v) is 36.2. The van der Waals surface area contributed by atoms with Crippen molar-refractivity contribution in [3.8, 4) is 23.0 Å². The van der Waals surface area contributed by atoms with Gasteiger partial charge in [0.25, 0.3) is 0 Å². The number of rotatable bonds is 24. The monoisotopic (exact) mass is 915 g/mol. The van der Waals surface area contributed by atoms with E-state index in [2.05, 4.69) is 5.32 Å². The number of carbonyl (C=O) groups is 8. The van der Waals surface area contributed by atoms with Crippen molar-refractivity contribution >= 4 is 47.2 Å². The lowest BCUT2D eigenvalue weighted by atomic mass is 9.91. The van der Waals surface area contributed by atoms with E-state index >= 15 is 0 Å². The van der Waals surface area contributed by atoms with Gasteiger partial charge in [0.05, 0.1) is 6.54 Å². The fourth-order valence-electron chi connectivity index (χ4n) is 5.90. The Bertz CT molecular complexity index is 2370. The fourth-order valence-corrected chi connectivity index (χ4v) is 5.90. The molecular weight excluding hydrogens is 867 g/mol. The fraction of sp³-hybridized carbons (Fsp3) is 0.319. The molecule has 0 saturated carbocycles. The molecular formula is C47H49NO18. The number of phenols is 4. The molecule has 5 N–H and O–H groups in total. The van der Waals surface area contributed by atoms with Gasteiger partial charge in [0.1, 0.15) is 25.2 Å². The maximum atomic E-state index is 13.8. The quantitative estimate of drug-likeness (QED) is 0.0222. The predicted octanol–water partition coefficient (Wildman–Crippen LogP) is 3.10. The van der Waals surface area contributed by atoms with E-state index in [9.17, 15) is 58.8 Å². The highest BCUT2D eigenvalue weighted by atomic mass is 16.6. The van der Waals surface area contributed by atoms with Gasteiger partial charge < -0.3 is 48.8 Å². The zero-order chi connectivity index (χ0) is 48.5. The van der Waals surface area contributed by atoms with E-state index in [0.717, 1.165) is 26.0 Å². The SMILES string of the molecule is CO[C@@H](C)C(=O)O[C@@H](C)C(=O)O[C@@H](COC(=O)C(Cc1ccc(O)c(O)c1)C(=O)c1ccccc1)C(=O)O[C@@H](COC(=O)C(Cc1ccc(O)c(O)c1)NCC(=O)c1ccccc1)C(C)=O. The summed E-state index contributed by atoms with van der Waals surface area (Å²) in [7, 11) is 1.21. The molecule has 0 radical (unpaired) electrons. The summed E-state index contributed by atoms with van der Waals surface area (Å²) in [5.74, 6) is -11.7. The number of hydrogen-bond acceptors (Lipinski definition) is 19. The van der Waals surface area contributed by atoms with Crippen LogP contribution in [0, 0.1) is 5.92 Å². The van der Waals surface area contributed by atoms with Crippen LogP contribution in [0.1, 0.15) is 52.6 Å². The summed E-state index contributed by atoms with van der Waals surface area (Å²) < 4.78 is 31.3. The zero-order valence-electron chi connectivity index (χ0n) is 36.2. The van der Waals surface area contributed by atoms with Gasteiger partial charge in [-0.1, -0.05) is 72.8 Å². The summed E-state index contributed by atoms with van der Waals surface area (Å²) in [6, 6.07) is 21.8. The molecule has 0 amide bonds. The van der Waals surface area contributed by atoms with Crippen molar-refractivity contribution in [1.29, 1.82) is 0 Å². The highest BCUT2D eigenvalue weighted by Gasteiger charge is 2.36. The summed E-state index contributed by atoms with van der Waals surface area (Å²) in [5, 5.41) is 42.5. The Morgan fingerprint density at radius 3 is 1.59 bits per heavy atom. The largest absolute Gasteiger partial charge is 0.504 e. The summed E-state index contributed by atoms with van der Waals surface area (Å²) in [6.45, 7) is 1.03. The molecule has 4 rings (SSSR count). The summed E-state index contributed by atoms with van der Waals surface area (Å²) in [4.78, 5) is 106. The number of nitrogens with one attached hydrogen (secondary N) is 1. The van der Waals surface area contributed by atoms with Crippen molar-refractivity contribution in [3.05, 3.63) is 119 Å². The average Bonchev–Trinajstić information content (AvgIpc) is 3.31. The number of aromatic hydroxyl groups is 4. The van der Waals surface area contributed by atoms with Gasteiger partial charge in [0.15, 0.2) is 58.7 Å². The van der Waals surface area contributed by atoms with E-state index in [1.54, 1.807) is 48.5 Å². The highest BCUT2D eigenvalue weighted by Crippen LogP contribution is 2.28. The van der Waals surface area contributed by atoms with Crippen LogP contribution in [0.4, 0.5) is 0 Å². The second-order valence-electron chi connectivity index (χ2n) is 14.7. The molecule has 0 fully saturated rings. The number of esters is 5. The van der Waals surface area contributed by atoms with Crippen LogP contribution >= 0.6 is 0 Å². The van der Waals surface area contributed by atoms with Gasteiger partial charge in [0, 0.05) is 18.2 Å². The third kappa shape index (κ3) is 15.0. The molecule has 6 atom stereocenters. The number of Topliss-reactive ketones (excluding diaryl/α,β-unsaturated/α-hetero) is 3. The predicted molar refractivity (Wildman–Crippen MR) is 228 cm³/mol. The molecule has 19 heteroatoms. The van der Waals surface area contributed by atoms with Gasteiger partial charge in [0.2, 0.25) is 6.10 Å². The van der Waals surface area contributed by atoms with Crippen LogP contribution in [0.3, 0.4) is 0 Å². The van der Waals surface area contributed by atoms with Crippen LogP contribution in [-0.4, -0.2) is 125 Å². The van der Waals surface area contributed by atoms with Crippen molar-refractivity contribution in [2.24, 2.45) is 5.92 Å². The minimum atomic E-state index is -2.19. The Balaban J connectivity index is 1.55. The first kappa shape index (κ1) is 51.0. The molecule has 0 aromatic heterocycles. The van der Waals surface area contributed by atoms with Crippen LogP contribution in [0.15, 0.2) is 97.1 Å². The standard InChI is InChI=1S/C47H49NO18/c1-26(49)40(24-63-46(59)34(20-30-16-18-36(51)38(53)22-30)48-23-39(54)31-11-7-5-8-12-31)65-47(60)41(66-44(57)28(3)64-43(56)27(2)61-4)25-62-45(58)33(42(55)32-13-9-6-10-14-32)19-29-15-17-35(50)37(52)21-29/h5-18,21-22,27-28,33-34,40-41,48,50-53H,19-20,23-25H2,1-4H3/t27-,28-,33?,34?,40-,41-/m0/s1. The second-order valence-corrected chi connectivity index (χ2v) is 14.7. The first-order valence-corrected chi connectivity index (χ1v) is 20.3. The van der Waals surface area contributed by atoms with Crippen LogP contribution in [0.25, 0.3) is 0 Å². The number of methoxy groups -OCH3 is 1. The Morgan fingerprint density at radius 1 is 0.545 bits per heavy atom. The van der Waals surface area contributed by atoms with Gasteiger partial charge in [-0.05, 0) is 69.0 Å². The maximum Gasteiger partial charge on any atom is 0.351 e. The van der Waals surface area contributed by atoms with Crippen molar-refractivity contribution in [1.82, 2.24) is 5.32 Å². The molecule has 4 aromatic rings. The third-order valence-corrected chi connectivity index (χ3v) is 9.81. The first-order valence-electron chi connectivity index (χ1n) is 20.3. The second kappa shape index (κ2) is 24.4. The third-order valence-electron chi connectivity index (χ3n) is 9.81. The molecule has 0 aliphatic rings. The number of phenolic OH excluding ortho intramolecular Hbond substituents is 4. The van der Waals surface area contributed by atoms with E-state index in [-0.39, 0.29) is 30.5 Å². The van der Waals surface area contributed by atoms with Gasteiger partial charge in [-0.25, -0.2) is 14.4 Å². The number of benzene rings is 4. The normalized spacial score (nSPS) is 13.6. The molecule has 0 spiro atoms. The Kier molecular flexibility index (Phi) is 18.9. The molecule has 2 unspecified atom stereocenters. The Labute approximate surface area is 378 Å². The molecule has 66 heavy (non-hydrogen) atoms. The van der Waals surface area contributed by atoms with Crippen LogP contribution in [-0.2, 0) is 70.0 Å². The van der Waals surface area contributed by atoms with E-state index in [1.165, 1.54) is 50.4 Å². The average molecular weight is 916 g/mol. The Hall–Kier alpha value is -7.64. The highest BCUT2D eigenvalue weighted by molar-refractivity contribution is 6.09. The number of hydrogen-bond donors (Lipinski definition) is 5. The van der Waals surface area contributed by atoms with Crippen molar-refractivity contribution in [3.63, 3.8) is 0 Å². The minimum Gasteiger partial charge on any atom is -0.504 e. The van der Waals surface area contributed by atoms with Crippen LogP contribution < -0.4 is 5.32 Å². The van der Waals surface area contributed by atoms with E-state index < -0.39 is 120 Å². The molecule has 0 aliphatic carbocycles. The van der Waals surface area contributed by atoms with Gasteiger partial charge in [-0.15, -0.1) is 0 Å². The molecule has 0 bridgehead atoms. The molecule has 0 aliphatic heterocycles. The van der Waals surface area contributed by atoms with Crippen LogP contribution in [0.2, 0.25) is 0 Å². The number of ketones is 3. The van der Waals surface area contributed by atoms with E-state index in [1.807, 2.05) is 0 Å². The lowest BCUT2D eigenvalue weighted by Crippen LogP contribution is -2.45. The van der Waals surface area contributed by atoms with Gasteiger partial charge in [-0.2, -0.15) is 0 Å². The molecule has 0 saturated heterocycles. The topological polar surface area (TPSA) is 285 Å². The molecule has 350 valence electrons. The number of carbonyl (C=O) groups excluding carboxylic acids is 8. The van der Waals surface area contributed by atoms with Gasteiger partial charge in [-0.3, -0.25) is 29.3 Å². The summed E-state index contributed by atoms with van der Waals surface area (Å²) in [5.41, 5.74) is 0.967. The summed E-state index contributed by atoms with van der Waals surface area (Å²) in [6.07, 6.45) is -7.41. The molecule has 0 heterocycles.